The molecule has 1 unspecified atom stereocenters. The second-order valence-corrected chi connectivity index (χ2v) is 7.57. The van der Waals surface area contributed by atoms with Crippen molar-refractivity contribution in [2.75, 3.05) is 11.9 Å². The topological polar surface area (TPSA) is 108 Å². The van der Waals surface area contributed by atoms with E-state index in [4.69, 9.17) is 4.74 Å². The standard InChI is InChI=1S/C25H20N4O4/c1-3-15-7-6-8-17(13-15)29-22(30)18-9-4-5-10-19(18)25(29,32)16-11-12-20-21(14-16)28-23(27-20)33-24(31)26-2/h3-14,32H,1H2,2H3,(H,26,31)(H,27,28). The molecule has 164 valence electrons. The number of hydrogen-bond donors (Lipinski definition) is 3. The van der Waals surface area contributed by atoms with Gasteiger partial charge in [0.25, 0.3) is 5.91 Å². The summed E-state index contributed by atoms with van der Waals surface area (Å²) in [6.07, 6.45) is 1.03. The van der Waals surface area contributed by atoms with Gasteiger partial charge in [0, 0.05) is 29.4 Å². The molecular formula is C25H20N4O4. The molecule has 4 aromatic rings. The molecule has 1 atom stereocenters. The molecule has 33 heavy (non-hydrogen) atoms. The van der Waals surface area contributed by atoms with E-state index in [9.17, 15) is 14.7 Å². The molecule has 0 radical (unpaired) electrons. The molecule has 2 heterocycles. The predicted molar refractivity (Wildman–Crippen MR) is 124 cm³/mol. The van der Waals surface area contributed by atoms with Crippen molar-refractivity contribution in [1.82, 2.24) is 15.3 Å². The van der Waals surface area contributed by atoms with E-state index in [-0.39, 0.29) is 11.9 Å². The van der Waals surface area contributed by atoms with E-state index in [2.05, 4.69) is 21.9 Å². The third-order valence-corrected chi connectivity index (χ3v) is 5.68. The summed E-state index contributed by atoms with van der Waals surface area (Å²) in [7, 11) is 1.45. The summed E-state index contributed by atoms with van der Waals surface area (Å²) in [5, 5.41) is 14.5. The molecule has 1 aromatic heterocycles. The first kappa shape index (κ1) is 20.5. The van der Waals surface area contributed by atoms with Crippen LogP contribution in [0.3, 0.4) is 0 Å². The molecule has 8 nitrogen and oxygen atoms in total. The number of imidazole rings is 1. The second-order valence-electron chi connectivity index (χ2n) is 7.57. The van der Waals surface area contributed by atoms with Crippen LogP contribution in [0.25, 0.3) is 17.1 Å². The molecule has 3 aromatic carbocycles. The normalized spacial score (nSPS) is 17.2. The van der Waals surface area contributed by atoms with E-state index in [1.807, 2.05) is 12.1 Å². The average molecular weight is 440 g/mol. The van der Waals surface area contributed by atoms with Crippen molar-refractivity contribution in [3.63, 3.8) is 0 Å². The van der Waals surface area contributed by atoms with Crippen molar-refractivity contribution < 1.29 is 19.4 Å². The molecule has 0 spiro atoms. The van der Waals surface area contributed by atoms with Crippen molar-refractivity contribution in [2.24, 2.45) is 0 Å². The summed E-state index contributed by atoms with van der Waals surface area (Å²) < 4.78 is 5.08. The number of hydrogen-bond acceptors (Lipinski definition) is 5. The summed E-state index contributed by atoms with van der Waals surface area (Å²) in [5.41, 5.74) is 2.00. The first-order valence-corrected chi connectivity index (χ1v) is 10.2. The number of aromatic amines is 1. The highest BCUT2D eigenvalue weighted by Crippen LogP contribution is 2.45. The Balaban J connectivity index is 1.68. The first-order chi connectivity index (χ1) is 16.0. The van der Waals surface area contributed by atoms with Crippen LogP contribution in [0.2, 0.25) is 0 Å². The van der Waals surface area contributed by atoms with Crippen molar-refractivity contribution in [3.8, 4) is 6.01 Å². The first-order valence-electron chi connectivity index (χ1n) is 10.2. The lowest BCUT2D eigenvalue weighted by Crippen LogP contribution is -2.45. The summed E-state index contributed by atoms with van der Waals surface area (Å²) in [6.45, 7) is 3.80. The lowest BCUT2D eigenvalue weighted by molar-refractivity contribution is 0.0704. The molecule has 1 aliphatic rings. The van der Waals surface area contributed by atoms with Gasteiger partial charge < -0.3 is 20.1 Å². The van der Waals surface area contributed by atoms with Crippen LogP contribution in [-0.2, 0) is 5.72 Å². The Labute approximate surface area is 189 Å². The number of fused-ring (bicyclic) bond motifs is 2. The molecule has 2 amide bonds. The number of rotatable bonds is 4. The number of anilines is 1. The van der Waals surface area contributed by atoms with Crippen LogP contribution in [0.15, 0.2) is 73.3 Å². The highest BCUT2D eigenvalue weighted by molar-refractivity contribution is 6.12. The molecule has 1 aliphatic heterocycles. The SMILES string of the molecule is C=Cc1cccc(N2C(=O)c3ccccc3C2(O)c2ccc3nc(OC(=O)NC)[nH]c3c2)c1. The maximum atomic E-state index is 13.5. The molecule has 8 heteroatoms. The predicted octanol–water partition coefficient (Wildman–Crippen LogP) is 3.78. The number of carbonyl (C=O) groups is 2. The van der Waals surface area contributed by atoms with E-state index in [1.54, 1.807) is 60.7 Å². The van der Waals surface area contributed by atoms with Crippen LogP contribution in [-0.4, -0.2) is 34.1 Å². The minimum Gasteiger partial charge on any atom is -0.375 e. The van der Waals surface area contributed by atoms with Crippen LogP contribution in [0.1, 0.15) is 27.0 Å². The van der Waals surface area contributed by atoms with Crippen molar-refractivity contribution >= 4 is 34.8 Å². The quantitative estimate of drug-likeness (QED) is 0.448. The number of nitrogens with zero attached hydrogens (tertiary/aromatic N) is 2. The Morgan fingerprint density at radius 2 is 2.00 bits per heavy atom. The van der Waals surface area contributed by atoms with Gasteiger partial charge in [-0.2, -0.15) is 4.98 Å². The second kappa shape index (κ2) is 7.61. The number of nitrogens with one attached hydrogen (secondary N) is 2. The number of carbonyl (C=O) groups excluding carboxylic acids is 2. The molecule has 0 bridgehead atoms. The zero-order valence-corrected chi connectivity index (χ0v) is 17.7. The highest BCUT2D eigenvalue weighted by atomic mass is 16.6. The lowest BCUT2D eigenvalue weighted by atomic mass is 9.93. The van der Waals surface area contributed by atoms with Crippen molar-refractivity contribution in [3.05, 3.63) is 95.6 Å². The maximum Gasteiger partial charge on any atom is 0.414 e. The van der Waals surface area contributed by atoms with Crippen LogP contribution in [0.5, 0.6) is 6.01 Å². The minimum atomic E-state index is -1.77. The maximum absolute atomic E-state index is 13.5. The van der Waals surface area contributed by atoms with Crippen LogP contribution in [0, 0.1) is 0 Å². The van der Waals surface area contributed by atoms with E-state index >= 15 is 0 Å². The van der Waals surface area contributed by atoms with Gasteiger partial charge in [0.05, 0.1) is 11.0 Å². The Morgan fingerprint density at radius 3 is 2.79 bits per heavy atom. The summed E-state index contributed by atoms with van der Waals surface area (Å²) in [6, 6.07) is 19.3. The third-order valence-electron chi connectivity index (χ3n) is 5.68. The van der Waals surface area contributed by atoms with Gasteiger partial charge in [-0.05, 0) is 35.9 Å². The number of ether oxygens (including phenoxy) is 1. The minimum absolute atomic E-state index is 0.0203. The van der Waals surface area contributed by atoms with Gasteiger partial charge in [-0.1, -0.05) is 49.1 Å². The molecule has 3 N–H and O–H groups in total. The smallest absolute Gasteiger partial charge is 0.375 e. The van der Waals surface area contributed by atoms with Gasteiger partial charge in [0.1, 0.15) is 0 Å². The Kier molecular flexibility index (Phi) is 4.72. The van der Waals surface area contributed by atoms with E-state index in [0.717, 1.165) is 5.56 Å². The van der Waals surface area contributed by atoms with E-state index < -0.39 is 11.8 Å². The molecule has 0 aliphatic carbocycles. The van der Waals surface area contributed by atoms with Gasteiger partial charge in [0.2, 0.25) is 0 Å². The molecule has 0 saturated heterocycles. The van der Waals surface area contributed by atoms with Gasteiger partial charge in [-0.3, -0.25) is 9.69 Å². The van der Waals surface area contributed by atoms with E-state index in [1.165, 1.54) is 11.9 Å². The summed E-state index contributed by atoms with van der Waals surface area (Å²) >= 11 is 0. The monoisotopic (exact) mass is 440 g/mol. The Hall–Kier alpha value is -4.43. The fourth-order valence-corrected chi connectivity index (χ4v) is 4.13. The summed E-state index contributed by atoms with van der Waals surface area (Å²) in [4.78, 5) is 33.5. The molecule has 5 rings (SSSR count). The van der Waals surface area contributed by atoms with Crippen LogP contribution < -0.4 is 15.0 Å². The summed E-state index contributed by atoms with van der Waals surface area (Å²) in [5.74, 6) is -0.317. The van der Waals surface area contributed by atoms with Gasteiger partial charge >= 0.3 is 12.1 Å². The fourth-order valence-electron chi connectivity index (χ4n) is 4.13. The van der Waals surface area contributed by atoms with Gasteiger partial charge in [-0.25, -0.2) is 4.79 Å². The zero-order chi connectivity index (χ0) is 23.2. The molecular weight excluding hydrogens is 420 g/mol. The highest BCUT2D eigenvalue weighted by Gasteiger charge is 2.50. The molecule has 0 saturated carbocycles. The number of aliphatic hydroxyl groups is 1. The van der Waals surface area contributed by atoms with Gasteiger partial charge in [0.15, 0.2) is 5.72 Å². The number of H-pyrrole nitrogens is 1. The average Bonchev–Trinajstić information content (AvgIpc) is 3.34. The van der Waals surface area contributed by atoms with Crippen molar-refractivity contribution in [2.45, 2.75) is 5.72 Å². The fraction of sp³-hybridized carbons (Fsp3) is 0.0800. The number of amides is 2. The van der Waals surface area contributed by atoms with Crippen LogP contribution >= 0.6 is 0 Å². The molecule has 0 fully saturated rings. The number of benzene rings is 3. The van der Waals surface area contributed by atoms with Gasteiger partial charge in [-0.15, -0.1) is 0 Å². The number of aromatic nitrogens is 2. The third kappa shape index (κ3) is 3.16. The van der Waals surface area contributed by atoms with Crippen LogP contribution in [0.4, 0.5) is 10.5 Å². The Morgan fingerprint density at radius 1 is 1.18 bits per heavy atom. The zero-order valence-electron chi connectivity index (χ0n) is 17.7. The Bertz CT molecular complexity index is 1430. The van der Waals surface area contributed by atoms with Crippen molar-refractivity contribution in [1.29, 1.82) is 0 Å². The lowest BCUT2D eigenvalue weighted by Gasteiger charge is -2.35. The largest absolute Gasteiger partial charge is 0.414 e. The van der Waals surface area contributed by atoms with E-state index in [0.29, 0.717) is 33.4 Å².